The number of nitrogens with zero attached hydrogens (tertiary/aromatic N) is 3. The second-order valence-electron chi connectivity index (χ2n) is 3.79. The Morgan fingerprint density at radius 1 is 1.60 bits per heavy atom. The van der Waals surface area contributed by atoms with Crippen molar-refractivity contribution in [3.8, 4) is 0 Å². The Morgan fingerprint density at radius 2 is 2.40 bits per heavy atom. The van der Waals surface area contributed by atoms with Crippen molar-refractivity contribution in [3.63, 3.8) is 0 Å². The molecule has 0 aromatic carbocycles. The summed E-state index contributed by atoms with van der Waals surface area (Å²) in [4.78, 5) is 13.2. The van der Waals surface area contributed by atoms with Gasteiger partial charge in [-0.1, -0.05) is 11.3 Å². The van der Waals surface area contributed by atoms with Crippen LogP contribution in [0.4, 0.5) is 5.13 Å². The maximum atomic E-state index is 11.1. The number of piperidine rings is 1. The lowest BCUT2D eigenvalue weighted by Gasteiger charge is -2.30. The lowest BCUT2D eigenvalue weighted by molar-refractivity contribution is -0.122. The normalized spacial score (nSPS) is 21.7. The van der Waals surface area contributed by atoms with Crippen molar-refractivity contribution in [2.75, 3.05) is 18.0 Å². The lowest BCUT2D eigenvalue weighted by Crippen LogP contribution is -2.41. The van der Waals surface area contributed by atoms with Crippen molar-refractivity contribution in [1.82, 2.24) is 10.2 Å². The Kier molecular flexibility index (Phi) is 2.86. The summed E-state index contributed by atoms with van der Waals surface area (Å²) in [5.74, 6) is -0.246. The monoisotopic (exact) mass is 226 g/mol. The number of aromatic nitrogens is 2. The molecular formula is C9H14N4OS. The highest BCUT2D eigenvalue weighted by molar-refractivity contribution is 7.15. The van der Waals surface area contributed by atoms with E-state index in [0.717, 1.165) is 29.5 Å². The van der Waals surface area contributed by atoms with E-state index in [0.29, 0.717) is 6.54 Å². The molecular weight excluding hydrogens is 212 g/mol. The van der Waals surface area contributed by atoms with Gasteiger partial charge in [-0.25, -0.2) is 0 Å². The van der Waals surface area contributed by atoms with Gasteiger partial charge in [0.1, 0.15) is 5.01 Å². The van der Waals surface area contributed by atoms with Gasteiger partial charge in [0, 0.05) is 13.1 Å². The third-order valence-electron chi connectivity index (χ3n) is 2.61. The van der Waals surface area contributed by atoms with Crippen molar-refractivity contribution in [1.29, 1.82) is 0 Å². The molecule has 1 aliphatic rings. The molecule has 15 heavy (non-hydrogen) atoms. The molecule has 1 aliphatic heterocycles. The SMILES string of the molecule is Cc1nnc(N2CCC[C@H](C(N)=O)C2)s1. The Labute approximate surface area is 92.3 Å². The molecule has 0 unspecified atom stereocenters. The van der Waals surface area contributed by atoms with E-state index in [1.807, 2.05) is 6.92 Å². The molecule has 82 valence electrons. The molecule has 2 N–H and O–H groups in total. The molecule has 1 aromatic rings. The molecule has 1 aromatic heterocycles. The van der Waals surface area contributed by atoms with Gasteiger partial charge in [0.05, 0.1) is 5.92 Å². The first kappa shape index (κ1) is 10.4. The van der Waals surface area contributed by atoms with Gasteiger partial charge in [0.15, 0.2) is 0 Å². The molecule has 6 heteroatoms. The minimum absolute atomic E-state index is 0.0389. The smallest absolute Gasteiger partial charge is 0.222 e. The van der Waals surface area contributed by atoms with Crippen LogP contribution in [-0.4, -0.2) is 29.2 Å². The average Bonchev–Trinajstić information content (AvgIpc) is 2.65. The molecule has 1 saturated heterocycles. The molecule has 0 aliphatic carbocycles. The summed E-state index contributed by atoms with van der Waals surface area (Å²) in [6, 6.07) is 0. The number of rotatable bonds is 2. The average molecular weight is 226 g/mol. The summed E-state index contributed by atoms with van der Waals surface area (Å²) in [6.45, 7) is 3.55. The van der Waals surface area contributed by atoms with Gasteiger partial charge in [-0.05, 0) is 19.8 Å². The molecule has 0 radical (unpaired) electrons. The van der Waals surface area contributed by atoms with Crippen LogP contribution in [-0.2, 0) is 4.79 Å². The van der Waals surface area contributed by atoms with Crippen LogP contribution in [0.25, 0.3) is 0 Å². The van der Waals surface area contributed by atoms with E-state index in [4.69, 9.17) is 5.73 Å². The predicted molar refractivity (Wildman–Crippen MR) is 58.8 cm³/mol. The number of hydrogen-bond donors (Lipinski definition) is 1. The van der Waals surface area contributed by atoms with Crippen molar-refractivity contribution in [2.24, 2.45) is 11.7 Å². The zero-order chi connectivity index (χ0) is 10.8. The molecule has 1 amide bonds. The zero-order valence-corrected chi connectivity index (χ0v) is 9.46. The second kappa shape index (κ2) is 4.14. The van der Waals surface area contributed by atoms with Crippen LogP contribution < -0.4 is 10.6 Å². The quantitative estimate of drug-likeness (QED) is 0.799. The van der Waals surface area contributed by atoms with Crippen molar-refractivity contribution in [2.45, 2.75) is 19.8 Å². The van der Waals surface area contributed by atoms with Gasteiger partial charge in [0.2, 0.25) is 11.0 Å². The van der Waals surface area contributed by atoms with E-state index < -0.39 is 0 Å². The van der Waals surface area contributed by atoms with Crippen LogP contribution in [0.1, 0.15) is 17.8 Å². The topological polar surface area (TPSA) is 72.1 Å². The molecule has 0 saturated carbocycles. The van der Waals surface area contributed by atoms with Crippen LogP contribution in [0, 0.1) is 12.8 Å². The minimum atomic E-state index is -0.207. The highest BCUT2D eigenvalue weighted by Crippen LogP contribution is 2.25. The maximum absolute atomic E-state index is 11.1. The van der Waals surface area contributed by atoms with Crippen molar-refractivity contribution in [3.05, 3.63) is 5.01 Å². The Balaban J connectivity index is 2.07. The summed E-state index contributed by atoms with van der Waals surface area (Å²) >= 11 is 1.56. The number of nitrogens with two attached hydrogens (primary N) is 1. The van der Waals surface area contributed by atoms with Gasteiger partial charge in [-0.15, -0.1) is 10.2 Å². The molecule has 0 spiro atoms. The number of aryl methyl sites for hydroxylation is 1. The molecule has 5 nitrogen and oxygen atoms in total. The fourth-order valence-corrected chi connectivity index (χ4v) is 2.52. The summed E-state index contributed by atoms with van der Waals surface area (Å²) in [5.41, 5.74) is 5.31. The van der Waals surface area contributed by atoms with Gasteiger partial charge in [-0.3, -0.25) is 4.79 Å². The number of primary amides is 1. The van der Waals surface area contributed by atoms with Crippen molar-refractivity contribution >= 4 is 22.4 Å². The number of carbonyl (C=O) groups is 1. The first-order chi connectivity index (χ1) is 7.16. The van der Waals surface area contributed by atoms with E-state index in [9.17, 15) is 4.79 Å². The lowest BCUT2D eigenvalue weighted by atomic mass is 9.98. The summed E-state index contributed by atoms with van der Waals surface area (Å²) in [5, 5.41) is 9.90. The second-order valence-corrected chi connectivity index (χ2v) is 4.95. The standard InChI is InChI=1S/C9H14N4OS/c1-6-11-12-9(15-6)13-4-2-3-7(5-13)8(10)14/h7H,2-5H2,1H3,(H2,10,14)/t7-/m0/s1. The maximum Gasteiger partial charge on any atom is 0.222 e. The van der Waals surface area contributed by atoms with E-state index in [2.05, 4.69) is 15.1 Å². The largest absolute Gasteiger partial charge is 0.369 e. The Morgan fingerprint density at radius 3 is 3.00 bits per heavy atom. The number of hydrogen-bond acceptors (Lipinski definition) is 5. The Hall–Kier alpha value is -1.17. The highest BCUT2D eigenvalue weighted by Gasteiger charge is 2.25. The van der Waals surface area contributed by atoms with Crippen LogP contribution in [0.2, 0.25) is 0 Å². The van der Waals surface area contributed by atoms with E-state index in [-0.39, 0.29) is 11.8 Å². The molecule has 1 fully saturated rings. The highest BCUT2D eigenvalue weighted by atomic mass is 32.1. The van der Waals surface area contributed by atoms with Crippen LogP contribution in [0.15, 0.2) is 0 Å². The van der Waals surface area contributed by atoms with Crippen molar-refractivity contribution < 1.29 is 4.79 Å². The Bertz CT molecular complexity index is 365. The first-order valence-electron chi connectivity index (χ1n) is 5.01. The summed E-state index contributed by atoms with van der Waals surface area (Å²) in [6.07, 6.45) is 1.88. The molecule has 0 bridgehead atoms. The predicted octanol–water partition coefficient (Wildman–Crippen LogP) is 0.548. The first-order valence-corrected chi connectivity index (χ1v) is 5.83. The number of anilines is 1. The number of amides is 1. The van der Waals surface area contributed by atoms with Crippen LogP contribution in [0.3, 0.4) is 0 Å². The van der Waals surface area contributed by atoms with E-state index >= 15 is 0 Å². The minimum Gasteiger partial charge on any atom is -0.369 e. The fourth-order valence-electron chi connectivity index (χ4n) is 1.80. The van der Waals surface area contributed by atoms with Crippen LogP contribution >= 0.6 is 11.3 Å². The zero-order valence-electron chi connectivity index (χ0n) is 8.64. The third-order valence-corrected chi connectivity index (χ3v) is 3.51. The molecule has 2 rings (SSSR count). The molecule has 1 atom stereocenters. The van der Waals surface area contributed by atoms with Gasteiger partial charge in [-0.2, -0.15) is 0 Å². The fraction of sp³-hybridized carbons (Fsp3) is 0.667. The summed E-state index contributed by atoms with van der Waals surface area (Å²) in [7, 11) is 0. The summed E-state index contributed by atoms with van der Waals surface area (Å²) < 4.78 is 0. The third kappa shape index (κ3) is 2.26. The van der Waals surface area contributed by atoms with Gasteiger partial charge >= 0.3 is 0 Å². The van der Waals surface area contributed by atoms with Gasteiger partial charge < -0.3 is 10.6 Å². The van der Waals surface area contributed by atoms with E-state index in [1.54, 1.807) is 11.3 Å². The van der Waals surface area contributed by atoms with Crippen LogP contribution in [0.5, 0.6) is 0 Å². The van der Waals surface area contributed by atoms with Gasteiger partial charge in [0.25, 0.3) is 0 Å². The molecule has 2 heterocycles. The number of carbonyl (C=O) groups excluding carboxylic acids is 1. The van der Waals surface area contributed by atoms with E-state index in [1.165, 1.54) is 0 Å².